The average molecular weight is 307 g/mol. The van der Waals surface area contributed by atoms with Crippen molar-refractivity contribution in [3.05, 3.63) is 46.8 Å². The number of methoxy groups -OCH3 is 1. The largest absolute Gasteiger partial charge is 0.478 e. The van der Waals surface area contributed by atoms with Crippen molar-refractivity contribution in [1.29, 1.82) is 0 Å². The number of hydrogen-bond donors (Lipinski definition) is 1. The van der Waals surface area contributed by atoms with Gasteiger partial charge in [-0.2, -0.15) is 0 Å². The number of nitrogens with zero attached hydrogens (tertiary/aromatic N) is 1. The summed E-state index contributed by atoms with van der Waals surface area (Å²) in [4.78, 5) is 24.6. The van der Waals surface area contributed by atoms with Crippen LogP contribution in [0, 0.1) is 6.92 Å². The number of furan rings is 2. The van der Waals surface area contributed by atoms with Crippen molar-refractivity contribution in [3.8, 4) is 0 Å². The van der Waals surface area contributed by atoms with Crippen molar-refractivity contribution in [1.82, 2.24) is 4.90 Å². The summed E-state index contributed by atoms with van der Waals surface area (Å²) in [6.07, 6.45) is 0. The molecule has 2 aromatic heterocycles. The summed E-state index contributed by atoms with van der Waals surface area (Å²) >= 11 is 0. The topological polar surface area (TPSA) is 93.1 Å². The van der Waals surface area contributed by atoms with Crippen molar-refractivity contribution in [3.63, 3.8) is 0 Å². The molecule has 7 nitrogen and oxygen atoms in total. The second-order valence-electron chi connectivity index (χ2n) is 4.85. The van der Waals surface area contributed by atoms with E-state index in [4.69, 9.17) is 18.7 Å². The zero-order valence-electron chi connectivity index (χ0n) is 12.6. The molecule has 0 aliphatic heterocycles. The van der Waals surface area contributed by atoms with Gasteiger partial charge in [-0.3, -0.25) is 4.79 Å². The molecular weight excluding hydrogens is 290 g/mol. The van der Waals surface area contributed by atoms with Crippen LogP contribution < -0.4 is 0 Å². The molecule has 0 saturated carbocycles. The first-order chi connectivity index (χ1) is 10.4. The number of amides is 1. The van der Waals surface area contributed by atoms with Crippen LogP contribution in [-0.2, 0) is 17.9 Å². The smallest absolute Gasteiger partial charge is 0.339 e. The SMILES string of the molecule is COCc1ccc(C(=O)N(C)Cc2cc(C(=O)O)c(C)o2)o1. The van der Waals surface area contributed by atoms with Gasteiger partial charge in [0, 0.05) is 14.2 Å². The average Bonchev–Trinajstić information content (AvgIpc) is 3.05. The van der Waals surface area contributed by atoms with Crippen LogP contribution in [0.25, 0.3) is 0 Å². The number of hydrogen-bond acceptors (Lipinski definition) is 5. The van der Waals surface area contributed by atoms with Crippen molar-refractivity contribution in [2.45, 2.75) is 20.1 Å². The Labute approximate surface area is 127 Å². The number of carboxylic acids is 1. The molecule has 1 amide bonds. The molecule has 2 aromatic rings. The number of carbonyl (C=O) groups excluding carboxylic acids is 1. The Morgan fingerprint density at radius 1 is 1.27 bits per heavy atom. The molecular formula is C15H17NO6. The van der Waals surface area contributed by atoms with E-state index in [9.17, 15) is 9.59 Å². The number of aromatic carboxylic acids is 1. The molecule has 0 saturated heterocycles. The third-order valence-electron chi connectivity index (χ3n) is 3.10. The quantitative estimate of drug-likeness (QED) is 0.880. The van der Waals surface area contributed by atoms with Crippen molar-refractivity contribution >= 4 is 11.9 Å². The van der Waals surface area contributed by atoms with Gasteiger partial charge in [0.05, 0.1) is 6.54 Å². The maximum atomic E-state index is 12.2. The highest BCUT2D eigenvalue weighted by atomic mass is 16.5. The number of carboxylic acid groups (broad SMARTS) is 1. The van der Waals surface area contributed by atoms with Crippen LogP contribution in [0.1, 0.15) is 38.2 Å². The number of ether oxygens (including phenoxy) is 1. The highest BCUT2D eigenvalue weighted by Crippen LogP contribution is 2.17. The standard InChI is InChI=1S/C15H17NO6/c1-9-12(15(18)19)6-11(21-9)7-16(2)14(17)13-5-4-10(22-13)8-20-3/h4-6H,7-8H2,1-3H3,(H,18,19). The van der Waals surface area contributed by atoms with E-state index in [0.717, 1.165) is 0 Å². The van der Waals surface area contributed by atoms with Gasteiger partial charge in [-0.25, -0.2) is 4.79 Å². The fourth-order valence-electron chi connectivity index (χ4n) is 2.04. The second kappa shape index (κ2) is 6.48. The lowest BCUT2D eigenvalue weighted by atomic mass is 10.2. The van der Waals surface area contributed by atoms with Gasteiger partial charge in [-0.15, -0.1) is 0 Å². The van der Waals surface area contributed by atoms with Gasteiger partial charge in [-0.05, 0) is 25.1 Å². The van der Waals surface area contributed by atoms with Gasteiger partial charge in [0.25, 0.3) is 5.91 Å². The molecule has 0 unspecified atom stereocenters. The summed E-state index contributed by atoms with van der Waals surface area (Å²) in [6, 6.07) is 4.66. The van der Waals surface area contributed by atoms with E-state index < -0.39 is 5.97 Å². The Balaban J connectivity index is 2.07. The number of rotatable bonds is 6. The fourth-order valence-corrected chi connectivity index (χ4v) is 2.04. The first-order valence-corrected chi connectivity index (χ1v) is 6.58. The minimum atomic E-state index is -1.06. The Morgan fingerprint density at radius 2 is 2.00 bits per heavy atom. The normalized spacial score (nSPS) is 10.7. The minimum absolute atomic E-state index is 0.0937. The summed E-state index contributed by atoms with van der Waals surface area (Å²) in [5, 5.41) is 8.99. The fraction of sp³-hybridized carbons (Fsp3) is 0.333. The van der Waals surface area contributed by atoms with E-state index >= 15 is 0 Å². The van der Waals surface area contributed by atoms with Crippen LogP contribution in [0.4, 0.5) is 0 Å². The Kier molecular flexibility index (Phi) is 4.67. The molecule has 0 radical (unpaired) electrons. The summed E-state index contributed by atoms with van der Waals surface area (Å²) in [7, 11) is 3.12. The lowest BCUT2D eigenvalue weighted by Gasteiger charge is -2.13. The zero-order valence-corrected chi connectivity index (χ0v) is 12.6. The van der Waals surface area contributed by atoms with Gasteiger partial charge < -0.3 is 23.6 Å². The summed E-state index contributed by atoms with van der Waals surface area (Å²) < 4.78 is 15.6. The molecule has 0 aliphatic carbocycles. The first-order valence-electron chi connectivity index (χ1n) is 6.58. The monoisotopic (exact) mass is 307 g/mol. The van der Waals surface area contributed by atoms with Crippen LogP contribution in [0.2, 0.25) is 0 Å². The molecule has 0 aliphatic rings. The molecule has 2 rings (SSSR count). The van der Waals surface area contributed by atoms with Crippen molar-refractivity contribution in [2.75, 3.05) is 14.2 Å². The lowest BCUT2D eigenvalue weighted by Crippen LogP contribution is -2.25. The lowest BCUT2D eigenvalue weighted by molar-refractivity contribution is 0.0693. The van der Waals surface area contributed by atoms with Gasteiger partial charge in [0.1, 0.15) is 29.5 Å². The van der Waals surface area contributed by atoms with E-state index in [-0.39, 0.29) is 30.4 Å². The molecule has 0 fully saturated rings. The van der Waals surface area contributed by atoms with Crippen LogP contribution in [-0.4, -0.2) is 36.0 Å². The molecule has 7 heteroatoms. The maximum absolute atomic E-state index is 12.2. The van der Waals surface area contributed by atoms with Gasteiger partial charge >= 0.3 is 5.97 Å². The molecule has 0 atom stereocenters. The molecule has 0 bridgehead atoms. The molecule has 2 heterocycles. The zero-order chi connectivity index (χ0) is 16.3. The predicted molar refractivity (Wildman–Crippen MR) is 75.6 cm³/mol. The number of aryl methyl sites for hydroxylation is 1. The summed E-state index contributed by atoms with van der Waals surface area (Å²) in [5.74, 6) is 0.0701. The predicted octanol–water partition coefficient (Wildman–Crippen LogP) is 2.30. The summed E-state index contributed by atoms with van der Waals surface area (Å²) in [5.41, 5.74) is 0.0937. The Morgan fingerprint density at radius 3 is 2.59 bits per heavy atom. The van der Waals surface area contributed by atoms with Crippen LogP contribution in [0.3, 0.4) is 0 Å². The van der Waals surface area contributed by atoms with Crippen LogP contribution in [0.5, 0.6) is 0 Å². The van der Waals surface area contributed by atoms with E-state index in [1.165, 1.54) is 18.1 Å². The van der Waals surface area contributed by atoms with E-state index in [1.807, 2.05) is 0 Å². The van der Waals surface area contributed by atoms with Gasteiger partial charge in [0.2, 0.25) is 0 Å². The van der Waals surface area contributed by atoms with Crippen molar-refractivity contribution in [2.24, 2.45) is 0 Å². The van der Waals surface area contributed by atoms with E-state index in [0.29, 0.717) is 17.3 Å². The Hall–Kier alpha value is -2.54. The van der Waals surface area contributed by atoms with E-state index in [1.54, 1.807) is 26.1 Å². The molecule has 22 heavy (non-hydrogen) atoms. The van der Waals surface area contributed by atoms with E-state index in [2.05, 4.69) is 0 Å². The second-order valence-corrected chi connectivity index (χ2v) is 4.85. The third-order valence-corrected chi connectivity index (χ3v) is 3.10. The van der Waals surface area contributed by atoms with Gasteiger partial charge in [0.15, 0.2) is 5.76 Å². The number of carbonyl (C=O) groups is 2. The molecule has 1 N–H and O–H groups in total. The highest BCUT2D eigenvalue weighted by Gasteiger charge is 2.19. The third kappa shape index (κ3) is 3.37. The maximum Gasteiger partial charge on any atom is 0.339 e. The van der Waals surface area contributed by atoms with Crippen molar-refractivity contribution < 1.29 is 28.3 Å². The highest BCUT2D eigenvalue weighted by molar-refractivity contribution is 5.91. The van der Waals surface area contributed by atoms with Crippen LogP contribution in [0.15, 0.2) is 27.0 Å². The summed E-state index contributed by atoms with van der Waals surface area (Å²) in [6.45, 7) is 2.00. The molecule has 0 spiro atoms. The van der Waals surface area contributed by atoms with Gasteiger partial charge in [-0.1, -0.05) is 0 Å². The minimum Gasteiger partial charge on any atom is -0.478 e. The molecule has 118 valence electrons. The van der Waals surface area contributed by atoms with Crippen LogP contribution >= 0.6 is 0 Å². The first kappa shape index (κ1) is 15.8. The Bertz CT molecular complexity index is 684. The molecule has 0 aromatic carbocycles.